The molecular formula is C13H19ClN4O3. The molecule has 0 spiro atoms. The zero-order valence-corrected chi connectivity index (χ0v) is 12.7. The van der Waals surface area contributed by atoms with Crippen LogP contribution in [-0.4, -0.2) is 54.5 Å². The lowest BCUT2D eigenvalue weighted by atomic mass is 10.4. The third kappa shape index (κ3) is 3.37. The summed E-state index contributed by atoms with van der Waals surface area (Å²) in [5, 5.41) is 0. The Hall–Kier alpha value is -1.57. The van der Waals surface area contributed by atoms with Crippen LogP contribution in [-0.2, 0) is 11.3 Å². The lowest BCUT2D eigenvalue weighted by Gasteiger charge is -2.23. The van der Waals surface area contributed by atoms with Crippen LogP contribution in [0.25, 0.3) is 11.2 Å². The molecule has 3 rings (SSSR count). The fourth-order valence-corrected chi connectivity index (χ4v) is 2.51. The first-order valence-corrected chi connectivity index (χ1v) is 6.83. The monoisotopic (exact) mass is 314 g/mol. The number of hydrogen-bond acceptors (Lipinski definition) is 4. The van der Waals surface area contributed by atoms with E-state index in [4.69, 9.17) is 9.47 Å². The van der Waals surface area contributed by atoms with Gasteiger partial charge >= 0.3 is 5.69 Å². The molecule has 21 heavy (non-hydrogen) atoms. The second-order valence-corrected chi connectivity index (χ2v) is 4.92. The van der Waals surface area contributed by atoms with Gasteiger partial charge in [-0.15, -0.1) is 0 Å². The Morgan fingerprint density at radius 1 is 1.43 bits per heavy atom. The van der Waals surface area contributed by atoms with Gasteiger partial charge in [0, 0.05) is 6.07 Å². The molecule has 7 nitrogen and oxygen atoms in total. The molecule has 0 atom stereocenters. The van der Waals surface area contributed by atoms with Gasteiger partial charge in [0.1, 0.15) is 13.1 Å². The number of aromatic amines is 1. The molecule has 0 aliphatic carbocycles. The van der Waals surface area contributed by atoms with Crippen molar-refractivity contribution in [2.75, 3.05) is 40.0 Å². The number of nitrogens with one attached hydrogen (secondary N) is 2. The highest BCUT2D eigenvalue weighted by Gasteiger charge is 2.16. The van der Waals surface area contributed by atoms with Gasteiger partial charge in [-0.25, -0.2) is 4.79 Å². The molecule has 2 aromatic rings. The van der Waals surface area contributed by atoms with Crippen LogP contribution in [0.3, 0.4) is 0 Å². The number of imidazole rings is 1. The Morgan fingerprint density at radius 3 is 2.90 bits per heavy atom. The number of methoxy groups -OCH3 is 1. The first-order chi connectivity index (χ1) is 9.78. The zero-order valence-electron chi connectivity index (χ0n) is 11.9. The fourth-order valence-electron chi connectivity index (χ4n) is 2.51. The lowest BCUT2D eigenvalue weighted by molar-refractivity contribution is -0.908. The van der Waals surface area contributed by atoms with Crippen molar-refractivity contribution in [3.63, 3.8) is 0 Å². The number of quaternary nitrogens is 1. The van der Waals surface area contributed by atoms with Crippen LogP contribution < -0.4 is 27.7 Å². The van der Waals surface area contributed by atoms with Gasteiger partial charge in [-0.3, -0.25) is 4.57 Å². The molecule has 1 saturated heterocycles. The second kappa shape index (κ2) is 6.93. The molecule has 116 valence electrons. The standard InChI is InChI=1S/C13H18N4O3.ClH/c1-19-11-3-2-10-12(15-11)17(13(18)14-10)5-4-16-6-8-20-9-7-16;/h2-3H,4-9H2,1H3,(H,14,18);1H. The maximum atomic E-state index is 12.0. The van der Waals surface area contributed by atoms with E-state index in [0.717, 1.165) is 38.4 Å². The van der Waals surface area contributed by atoms with E-state index in [1.807, 2.05) is 6.07 Å². The van der Waals surface area contributed by atoms with Crippen molar-refractivity contribution in [2.45, 2.75) is 6.54 Å². The third-order valence-corrected chi connectivity index (χ3v) is 3.69. The molecular weight excluding hydrogens is 296 g/mol. The normalized spacial score (nSPS) is 15.9. The van der Waals surface area contributed by atoms with Gasteiger partial charge in [-0.1, -0.05) is 0 Å². The SMILES string of the molecule is COc1ccc2[nH]c(=O)n(CC[NH+]3CCOCC3)c2n1.[Cl-]. The highest BCUT2D eigenvalue weighted by atomic mass is 35.5. The van der Waals surface area contributed by atoms with E-state index in [-0.39, 0.29) is 18.1 Å². The summed E-state index contributed by atoms with van der Waals surface area (Å²) < 4.78 is 12.1. The number of aromatic nitrogens is 3. The Kier molecular flexibility index (Phi) is 5.22. The molecule has 0 unspecified atom stereocenters. The summed E-state index contributed by atoms with van der Waals surface area (Å²) in [6.07, 6.45) is 0. The summed E-state index contributed by atoms with van der Waals surface area (Å²) in [5.41, 5.74) is 1.28. The number of pyridine rings is 1. The van der Waals surface area contributed by atoms with Crippen molar-refractivity contribution in [1.82, 2.24) is 14.5 Å². The molecule has 0 bridgehead atoms. The predicted molar refractivity (Wildman–Crippen MR) is 73.3 cm³/mol. The molecule has 8 heteroatoms. The van der Waals surface area contributed by atoms with Gasteiger partial charge in [-0.2, -0.15) is 4.98 Å². The summed E-state index contributed by atoms with van der Waals surface area (Å²) in [6.45, 7) is 5.12. The summed E-state index contributed by atoms with van der Waals surface area (Å²) >= 11 is 0. The fraction of sp³-hybridized carbons (Fsp3) is 0.538. The number of hydrogen-bond donors (Lipinski definition) is 2. The molecule has 0 saturated carbocycles. The van der Waals surface area contributed by atoms with Crippen LogP contribution in [0.1, 0.15) is 0 Å². The van der Waals surface area contributed by atoms with Gasteiger partial charge in [-0.05, 0) is 6.07 Å². The van der Waals surface area contributed by atoms with Crippen LogP contribution >= 0.6 is 0 Å². The predicted octanol–water partition coefficient (Wildman–Crippen LogP) is -4.35. The first kappa shape index (κ1) is 15.8. The molecule has 1 aliphatic heterocycles. The number of rotatable bonds is 4. The van der Waals surface area contributed by atoms with Gasteiger partial charge in [0.25, 0.3) is 0 Å². The van der Waals surface area contributed by atoms with Crippen molar-refractivity contribution < 1.29 is 26.8 Å². The van der Waals surface area contributed by atoms with Gasteiger partial charge < -0.3 is 31.8 Å². The summed E-state index contributed by atoms with van der Waals surface area (Å²) in [7, 11) is 1.57. The van der Waals surface area contributed by atoms with Crippen LogP contribution in [0.5, 0.6) is 5.88 Å². The molecule has 1 aliphatic rings. The molecule has 0 amide bonds. The van der Waals surface area contributed by atoms with E-state index in [1.54, 1.807) is 17.7 Å². The molecule has 0 radical (unpaired) electrons. The zero-order chi connectivity index (χ0) is 13.9. The van der Waals surface area contributed by atoms with E-state index in [9.17, 15) is 4.79 Å². The average Bonchev–Trinajstić information content (AvgIpc) is 2.80. The van der Waals surface area contributed by atoms with E-state index < -0.39 is 0 Å². The minimum atomic E-state index is -0.117. The number of H-pyrrole nitrogens is 1. The van der Waals surface area contributed by atoms with Crippen molar-refractivity contribution >= 4 is 11.2 Å². The van der Waals surface area contributed by atoms with Crippen LogP contribution in [0.4, 0.5) is 0 Å². The van der Waals surface area contributed by atoms with Gasteiger partial charge in [0.2, 0.25) is 5.88 Å². The number of halogens is 1. The Morgan fingerprint density at radius 2 is 2.19 bits per heavy atom. The maximum Gasteiger partial charge on any atom is 0.327 e. The van der Waals surface area contributed by atoms with E-state index in [2.05, 4.69) is 9.97 Å². The smallest absolute Gasteiger partial charge is 0.327 e. The number of morpholine rings is 1. The topological polar surface area (TPSA) is 73.6 Å². The van der Waals surface area contributed by atoms with E-state index in [0.29, 0.717) is 18.1 Å². The van der Waals surface area contributed by atoms with E-state index >= 15 is 0 Å². The molecule has 0 aromatic carbocycles. The molecule has 2 aromatic heterocycles. The second-order valence-electron chi connectivity index (χ2n) is 4.92. The summed E-state index contributed by atoms with van der Waals surface area (Å²) in [4.78, 5) is 20.6. The minimum absolute atomic E-state index is 0. The lowest BCUT2D eigenvalue weighted by Crippen LogP contribution is -3.14. The van der Waals surface area contributed by atoms with Crippen molar-refractivity contribution in [1.29, 1.82) is 0 Å². The highest BCUT2D eigenvalue weighted by molar-refractivity contribution is 5.71. The average molecular weight is 315 g/mol. The van der Waals surface area contributed by atoms with Gasteiger partial charge in [0.05, 0.1) is 38.9 Å². The quantitative estimate of drug-likeness (QED) is 0.598. The Bertz CT molecular complexity index is 648. The van der Waals surface area contributed by atoms with Crippen molar-refractivity contribution in [3.8, 4) is 5.88 Å². The summed E-state index contributed by atoms with van der Waals surface area (Å²) in [5.74, 6) is 0.518. The number of nitrogens with zero attached hydrogens (tertiary/aromatic N) is 2. The van der Waals surface area contributed by atoms with Gasteiger partial charge in [0.15, 0.2) is 5.65 Å². The van der Waals surface area contributed by atoms with Crippen LogP contribution in [0.2, 0.25) is 0 Å². The minimum Gasteiger partial charge on any atom is -1.00 e. The largest absolute Gasteiger partial charge is 1.00 e. The van der Waals surface area contributed by atoms with Crippen molar-refractivity contribution in [3.05, 3.63) is 22.6 Å². The van der Waals surface area contributed by atoms with Crippen LogP contribution in [0.15, 0.2) is 16.9 Å². The van der Waals surface area contributed by atoms with E-state index in [1.165, 1.54) is 4.90 Å². The Labute approximate surface area is 128 Å². The maximum absolute atomic E-state index is 12.0. The Balaban J connectivity index is 0.00000161. The first-order valence-electron chi connectivity index (χ1n) is 6.83. The molecule has 3 heterocycles. The summed E-state index contributed by atoms with van der Waals surface area (Å²) in [6, 6.07) is 3.57. The third-order valence-electron chi connectivity index (χ3n) is 3.69. The molecule has 1 fully saturated rings. The number of fused-ring (bicyclic) bond motifs is 1. The number of ether oxygens (including phenoxy) is 2. The van der Waals surface area contributed by atoms with Crippen molar-refractivity contribution in [2.24, 2.45) is 0 Å². The molecule has 2 N–H and O–H groups in total. The highest BCUT2D eigenvalue weighted by Crippen LogP contribution is 2.12. The van der Waals surface area contributed by atoms with Crippen LogP contribution in [0, 0.1) is 0 Å².